The van der Waals surface area contributed by atoms with Gasteiger partial charge in [-0.25, -0.2) is 9.78 Å². The first-order valence-corrected chi connectivity index (χ1v) is 11.4. The van der Waals surface area contributed by atoms with E-state index in [4.69, 9.17) is 9.72 Å². The fourth-order valence-electron chi connectivity index (χ4n) is 4.08. The summed E-state index contributed by atoms with van der Waals surface area (Å²) in [6.45, 7) is 9.87. The van der Waals surface area contributed by atoms with Crippen LogP contribution in [-0.4, -0.2) is 39.2 Å². The highest BCUT2D eigenvalue weighted by Crippen LogP contribution is 2.34. The van der Waals surface area contributed by atoms with Gasteiger partial charge in [0.15, 0.2) is 0 Å². The Morgan fingerprint density at radius 1 is 1.06 bits per heavy atom. The average Bonchev–Trinajstić information content (AvgIpc) is 2.99. The number of rotatable bonds is 4. The molecular formula is C27H31N3O3. The van der Waals surface area contributed by atoms with Gasteiger partial charge in [-0.1, -0.05) is 32.9 Å². The molecule has 0 aliphatic carbocycles. The van der Waals surface area contributed by atoms with Crippen molar-refractivity contribution in [2.24, 2.45) is 0 Å². The van der Waals surface area contributed by atoms with Gasteiger partial charge >= 0.3 is 6.09 Å². The van der Waals surface area contributed by atoms with Gasteiger partial charge in [0.25, 0.3) is 0 Å². The average molecular weight is 446 g/mol. The lowest BCUT2D eigenvalue weighted by Crippen LogP contribution is -2.31. The van der Waals surface area contributed by atoms with Crippen LogP contribution in [0.4, 0.5) is 4.79 Å². The van der Waals surface area contributed by atoms with Crippen LogP contribution in [0.15, 0.2) is 48.7 Å². The number of hydrogen-bond donors (Lipinski definition) is 1. The summed E-state index contributed by atoms with van der Waals surface area (Å²) in [5.41, 5.74) is 7.06. The highest BCUT2D eigenvalue weighted by Gasteiger charge is 2.21. The Kier molecular flexibility index (Phi) is 6.36. The Hall–Kier alpha value is -3.41. The van der Waals surface area contributed by atoms with Gasteiger partial charge in [0.05, 0.1) is 5.69 Å². The number of aromatic nitrogens is 2. The van der Waals surface area contributed by atoms with Gasteiger partial charge in [-0.15, -0.1) is 0 Å². The van der Waals surface area contributed by atoms with Gasteiger partial charge in [0, 0.05) is 36.0 Å². The van der Waals surface area contributed by atoms with E-state index in [0.29, 0.717) is 31.9 Å². The maximum Gasteiger partial charge on any atom is 0.407 e. The van der Waals surface area contributed by atoms with Gasteiger partial charge < -0.3 is 14.7 Å². The lowest BCUT2D eigenvalue weighted by Gasteiger charge is -2.21. The van der Waals surface area contributed by atoms with E-state index in [2.05, 4.69) is 44.0 Å². The van der Waals surface area contributed by atoms with Crippen molar-refractivity contribution in [1.82, 2.24) is 14.9 Å². The first-order chi connectivity index (χ1) is 15.7. The van der Waals surface area contributed by atoms with Crippen LogP contribution in [0.2, 0.25) is 0 Å². The number of pyridine rings is 2. The second-order valence-corrected chi connectivity index (χ2v) is 9.66. The van der Waals surface area contributed by atoms with Gasteiger partial charge in [-0.2, -0.15) is 0 Å². The van der Waals surface area contributed by atoms with Gasteiger partial charge in [-0.05, 0) is 66.8 Å². The Labute approximate surface area is 195 Å². The molecule has 0 atom stereocenters. The van der Waals surface area contributed by atoms with Crippen molar-refractivity contribution < 1.29 is 14.6 Å². The van der Waals surface area contributed by atoms with Crippen molar-refractivity contribution in [2.45, 2.75) is 52.6 Å². The van der Waals surface area contributed by atoms with Crippen LogP contribution in [0.3, 0.4) is 0 Å². The topological polar surface area (TPSA) is 75.6 Å². The van der Waals surface area contributed by atoms with Crippen molar-refractivity contribution in [3.8, 4) is 17.0 Å². The van der Waals surface area contributed by atoms with E-state index in [1.807, 2.05) is 31.2 Å². The van der Waals surface area contributed by atoms with Crippen LogP contribution in [0.25, 0.3) is 11.3 Å². The Morgan fingerprint density at radius 2 is 1.82 bits per heavy atom. The molecule has 1 aromatic carbocycles. The number of ether oxygens (including phenoxy) is 1. The number of carbonyl (C=O) groups is 1. The number of amides is 1. The van der Waals surface area contributed by atoms with E-state index in [1.165, 1.54) is 16.0 Å². The summed E-state index contributed by atoms with van der Waals surface area (Å²) in [6.07, 6.45) is 2.35. The molecular weight excluding hydrogens is 414 g/mol. The fourth-order valence-corrected chi connectivity index (χ4v) is 4.08. The summed E-state index contributed by atoms with van der Waals surface area (Å²) in [4.78, 5) is 22.3. The molecule has 6 heteroatoms. The normalized spacial score (nSPS) is 13.9. The molecule has 0 spiro atoms. The molecule has 4 rings (SSSR count). The molecule has 1 aliphatic heterocycles. The van der Waals surface area contributed by atoms with Crippen LogP contribution >= 0.6 is 0 Å². The third kappa shape index (κ3) is 5.33. The zero-order valence-electron chi connectivity index (χ0n) is 19.8. The molecule has 0 fully saturated rings. The number of carboxylic acid groups (broad SMARTS) is 1. The standard InChI is InChI=1S/C27H31N3O3/c1-18-9-12-28-22(15-18)17-33-23-7-8-24(27(2,3)4)29-25(23)21-6-5-19-10-13-30(26(31)32)14-11-20(19)16-21/h5-9,12,15-16H,10-11,13-14,17H2,1-4H3,(H,31,32). The van der Waals surface area contributed by atoms with Gasteiger partial charge in [0.1, 0.15) is 18.1 Å². The zero-order valence-corrected chi connectivity index (χ0v) is 19.8. The molecule has 0 unspecified atom stereocenters. The minimum absolute atomic E-state index is 0.0982. The maximum absolute atomic E-state index is 11.4. The predicted molar refractivity (Wildman–Crippen MR) is 129 cm³/mol. The summed E-state index contributed by atoms with van der Waals surface area (Å²) < 4.78 is 6.21. The molecule has 1 aliphatic rings. The molecule has 1 amide bonds. The molecule has 0 radical (unpaired) electrons. The van der Waals surface area contributed by atoms with Crippen LogP contribution in [0.5, 0.6) is 5.75 Å². The highest BCUT2D eigenvalue weighted by molar-refractivity contribution is 5.69. The number of nitrogens with zero attached hydrogens (tertiary/aromatic N) is 3. The lowest BCUT2D eigenvalue weighted by molar-refractivity contribution is 0.147. The van der Waals surface area contributed by atoms with Gasteiger partial charge in [-0.3, -0.25) is 4.98 Å². The third-order valence-electron chi connectivity index (χ3n) is 6.03. The van der Waals surface area contributed by atoms with Crippen LogP contribution < -0.4 is 4.74 Å². The molecule has 0 saturated carbocycles. The van der Waals surface area contributed by atoms with Crippen molar-refractivity contribution >= 4 is 6.09 Å². The molecule has 6 nitrogen and oxygen atoms in total. The smallest absolute Gasteiger partial charge is 0.407 e. The Balaban J connectivity index is 1.68. The SMILES string of the molecule is Cc1ccnc(COc2ccc(C(C)(C)C)nc2-c2ccc3c(c2)CCN(C(=O)O)CC3)c1. The zero-order chi connectivity index (χ0) is 23.6. The molecule has 1 N–H and O–H groups in total. The molecule has 0 bridgehead atoms. The number of fused-ring (bicyclic) bond motifs is 1. The number of aryl methyl sites for hydroxylation is 1. The first kappa shape index (κ1) is 22.8. The van der Waals surface area contributed by atoms with E-state index in [0.717, 1.165) is 34.6 Å². The van der Waals surface area contributed by atoms with Crippen molar-refractivity contribution in [1.29, 1.82) is 0 Å². The maximum atomic E-state index is 11.4. The Bertz CT molecular complexity index is 1170. The molecule has 172 valence electrons. The fraction of sp³-hybridized carbons (Fsp3) is 0.370. The molecule has 33 heavy (non-hydrogen) atoms. The van der Waals surface area contributed by atoms with Crippen LogP contribution in [0.1, 0.15) is 48.8 Å². The Morgan fingerprint density at radius 3 is 2.52 bits per heavy atom. The van der Waals surface area contributed by atoms with Crippen LogP contribution in [-0.2, 0) is 24.9 Å². The lowest BCUT2D eigenvalue weighted by atomic mass is 9.91. The third-order valence-corrected chi connectivity index (χ3v) is 6.03. The highest BCUT2D eigenvalue weighted by atomic mass is 16.5. The quantitative estimate of drug-likeness (QED) is 0.581. The van der Waals surface area contributed by atoms with E-state index in [9.17, 15) is 9.90 Å². The summed E-state index contributed by atoms with van der Waals surface area (Å²) >= 11 is 0. The minimum atomic E-state index is -0.858. The van der Waals surface area contributed by atoms with Gasteiger partial charge in [0.2, 0.25) is 0 Å². The number of hydrogen-bond acceptors (Lipinski definition) is 4. The summed E-state index contributed by atoms with van der Waals surface area (Å²) in [5, 5.41) is 9.38. The second-order valence-electron chi connectivity index (χ2n) is 9.66. The summed E-state index contributed by atoms with van der Waals surface area (Å²) in [5.74, 6) is 0.715. The number of benzene rings is 1. The summed E-state index contributed by atoms with van der Waals surface area (Å²) in [6, 6.07) is 14.3. The van der Waals surface area contributed by atoms with E-state index < -0.39 is 6.09 Å². The first-order valence-electron chi connectivity index (χ1n) is 11.4. The van der Waals surface area contributed by atoms with E-state index >= 15 is 0 Å². The monoisotopic (exact) mass is 445 g/mol. The van der Waals surface area contributed by atoms with Crippen molar-refractivity contribution in [3.05, 3.63) is 76.7 Å². The van der Waals surface area contributed by atoms with E-state index in [1.54, 1.807) is 6.20 Å². The van der Waals surface area contributed by atoms with Crippen molar-refractivity contribution in [2.75, 3.05) is 13.1 Å². The van der Waals surface area contributed by atoms with Crippen LogP contribution in [0, 0.1) is 6.92 Å². The van der Waals surface area contributed by atoms with Crippen molar-refractivity contribution in [3.63, 3.8) is 0 Å². The van der Waals surface area contributed by atoms with E-state index in [-0.39, 0.29) is 5.41 Å². The predicted octanol–water partition coefficient (Wildman–Crippen LogP) is 5.41. The summed E-state index contributed by atoms with van der Waals surface area (Å²) in [7, 11) is 0. The second kappa shape index (κ2) is 9.22. The largest absolute Gasteiger partial charge is 0.485 e. The molecule has 3 aromatic rings. The minimum Gasteiger partial charge on any atom is -0.485 e. The molecule has 0 saturated heterocycles. The molecule has 2 aromatic heterocycles. The molecule has 3 heterocycles.